The summed E-state index contributed by atoms with van der Waals surface area (Å²) in [7, 11) is 0. The van der Waals surface area contributed by atoms with E-state index in [9.17, 15) is 18.0 Å². The lowest BCUT2D eigenvalue weighted by atomic mass is 10.1. The van der Waals surface area contributed by atoms with Gasteiger partial charge >= 0.3 is 6.18 Å². The number of nitrogens with one attached hydrogen (secondary N) is 1. The molecule has 1 aliphatic rings. The van der Waals surface area contributed by atoms with Crippen LogP contribution in [0.2, 0.25) is 5.02 Å². The molecule has 0 saturated carbocycles. The Morgan fingerprint density at radius 1 is 1.31 bits per heavy atom. The summed E-state index contributed by atoms with van der Waals surface area (Å²) < 4.78 is 44.2. The third-order valence-corrected chi connectivity index (χ3v) is 5.85. The molecule has 1 aromatic heterocycles. The van der Waals surface area contributed by atoms with Gasteiger partial charge in [0.15, 0.2) is 0 Å². The monoisotopic (exact) mass is 444 g/mol. The molecule has 1 fully saturated rings. The third-order valence-electron chi connectivity index (χ3n) is 4.55. The predicted molar refractivity (Wildman–Crippen MR) is 108 cm³/mol. The SMILES string of the molecule is O=C(/C=C/c1ccc(Cl)c(C(F)(F)F)c1)NCC(c1cccs1)N1CCOCC1. The van der Waals surface area contributed by atoms with Gasteiger partial charge in [-0.3, -0.25) is 9.69 Å². The van der Waals surface area contributed by atoms with Gasteiger partial charge in [-0.2, -0.15) is 13.2 Å². The van der Waals surface area contributed by atoms with Crippen LogP contribution in [0.15, 0.2) is 41.8 Å². The Bertz CT molecular complexity index is 850. The Labute approximate surface area is 175 Å². The minimum Gasteiger partial charge on any atom is -0.379 e. The van der Waals surface area contributed by atoms with Gasteiger partial charge in [0, 0.05) is 30.6 Å². The molecule has 0 bridgehead atoms. The zero-order chi connectivity index (χ0) is 20.9. The number of hydrogen-bond acceptors (Lipinski definition) is 4. The smallest absolute Gasteiger partial charge is 0.379 e. The number of nitrogens with zero attached hydrogens (tertiary/aromatic N) is 1. The van der Waals surface area contributed by atoms with Crippen molar-refractivity contribution in [2.75, 3.05) is 32.8 Å². The molecule has 9 heteroatoms. The average molecular weight is 445 g/mol. The highest BCUT2D eigenvalue weighted by Crippen LogP contribution is 2.35. The molecular weight excluding hydrogens is 425 g/mol. The summed E-state index contributed by atoms with van der Waals surface area (Å²) in [4.78, 5) is 15.6. The van der Waals surface area contributed by atoms with E-state index in [4.69, 9.17) is 16.3 Å². The minimum absolute atomic E-state index is 0.0311. The summed E-state index contributed by atoms with van der Waals surface area (Å²) in [5.41, 5.74) is -0.674. The third kappa shape index (κ3) is 6.05. The van der Waals surface area contributed by atoms with Crippen LogP contribution in [0.3, 0.4) is 0 Å². The first-order valence-electron chi connectivity index (χ1n) is 9.02. The fraction of sp³-hybridized carbons (Fsp3) is 0.350. The zero-order valence-electron chi connectivity index (χ0n) is 15.4. The first-order chi connectivity index (χ1) is 13.8. The van der Waals surface area contributed by atoms with Crippen molar-refractivity contribution < 1.29 is 22.7 Å². The molecule has 2 aromatic rings. The number of thiophene rings is 1. The number of hydrogen-bond donors (Lipinski definition) is 1. The standard InChI is InChI=1S/C20H20ClF3N2O2S/c21-16-5-3-14(12-15(16)20(22,23)24)4-6-19(27)25-13-17(18-2-1-11-29-18)26-7-9-28-10-8-26/h1-6,11-12,17H,7-10,13H2,(H,25,27)/b6-4+. The van der Waals surface area contributed by atoms with Crippen LogP contribution in [0.5, 0.6) is 0 Å². The van der Waals surface area contributed by atoms with Gasteiger partial charge in [0.05, 0.1) is 29.8 Å². The fourth-order valence-electron chi connectivity index (χ4n) is 3.07. The van der Waals surface area contributed by atoms with Crippen molar-refractivity contribution in [1.82, 2.24) is 10.2 Å². The molecule has 3 rings (SSSR count). The van der Waals surface area contributed by atoms with Crippen molar-refractivity contribution in [3.8, 4) is 0 Å². The Kier molecular flexibility index (Phi) is 7.34. The molecule has 1 unspecified atom stereocenters. The maximum absolute atomic E-state index is 12.9. The summed E-state index contributed by atoms with van der Waals surface area (Å²) in [6, 6.07) is 7.56. The van der Waals surface area contributed by atoms with E-state index in [1.165, 1.54) is 24.3 Å². The normalized spacial score (nSPS) is 16.8. The number of ether oxygens (including phenoxy) is 1. The van der Waals surface area contributed by atoms with Crippen LogP contribution in [-0.2, 0) is 15.7 Å². The van der Waals surface area contributed by atoms with Crippen molar-refractivity contribution in [1.29, 1.82) is 0 Å². The Morgan fingerprint density at radius 2 is 2.07 bits per heavy atom. The number of halogens is 4. The second-order valence-corrected chi connectivity index (χ2v) is 7.88. The highest BCUT2D eigenvalue weighted by atomic mass is 35.5. The number of amides is 1. The molecule has 1 aliphatic heterocycles. The van der Waals surface area contributed by atoms with Crippen molar-refractivity contribution in [2.45, 2.75) is 12.2 Å². The number of carbonyl (C=O) groups excluding carboxylic acids is 1. The molecular formula is C20H20ClF3N2O2S. The van der Waals surface area contributed by atoms with Gasteiger partial charge < -0.3 is 10.1 Å². The first-order valence-corrected chi connectivity index (χ1v) is 10.3. The molecule has 1 atom stereocenters. The van der Waals surface area contributed by atoms with E-state index < -0.39 is 11.7 Å². The summed E-state index contributed by atoms with van der Waals surface area (Å²) in [5, 5.41) is 4.46. The van der Waals surface area contributed by atoms with E-state index in [0.717, 1.165) is 24.0 Å². The second-order valence-electron chi connectivity index (χ2n) is 6.50. The number of morpholine rings is 1. The van der Waals surface area contributed by atoms with Crippen LogP contribution >= 0.6 is 22.9 Å². The summed E-state index contributed by atoms with van der Waals surface area (Å²) >= 11 is 7.24. The van der Waals surface area contributed by atoms with Crippen molar-refractivity contribution in [2.24, 2.45) is 0 Å². The second kappa shape index (κ2) is 9.75. The Morgan fingerprint density at radius 3 is 2.72 bits per heavy atom. The average Bonchev–Trinajstić information content (AvgIpc) is 3.22. The van der Waals surface area contributed by atoms with Gasteiger partial charge in [-0.1, -0.05) is 23.7 Å². The molecule has 156 valence electrons. The molecule has 1 amide bonds. The summed E-state index contributed by atoms with van der Waals surface area (Å²) in [5.74, 6) is -0.372. The van der Waals surface area contributed by atoms with E-state index >= 15 is 0 Å². The maximum Gasteiger partial charge on any atom is 0.417 e. The van der Waals surface area contributed by atoms with Crippen molar-refractivity contribution in [3.05, 3.63) is 62.8 Å². The Hall–Kier alpha value is -1.87. The van der Waals surface area contributed by atoms with Crippen LogP contribution in [-0.4, -0.2) is 43.7 Å². The minimum atomic E-state index is -4.55. The van der Waals surface area contributed by atoms with Gasteiger partial charge in [0.2, 0.25) is 5.91 Å². The quantitative estimate of drug-likeness (QED) is 0.661. The lowest BCUT2D eigenvalue weighted by Gasteiger charge is -2.34. The first kappa shape index (κ1) is 21.8. The highest BCUT2D eigenvalue weighted by Gasteiger charge is 2.33. The van der Waals surface area contributed by atoms with E-state index in [1.807, 2.05) is 17.5 Å². The number of carbonyl (C=O) groups is 1. The number of rotatable bonds is 6. The lowest BCUT2D eigenvalue weighted by Crippen LogP contribution is -2.43. The summed E-state index contributed by atoms with van der Waals surface area (Å²) in [6.45, 7) is 3.25. The van der Waals surface area contributed by atoms with Crippen LogP contribution in [0.1, 0.15) is 22.0 Å². The zero-order valence-corrected chi connectivity index (χ0v) is 17.0. The van der Waals surface area contributed by atoms with Gasteiger partial charge in [-0.05, 0) is 35.2 Å². The van der Waals surface area contributed by atoms with E-state index in [1.54, 1.807) is 11.3 Å². The molecule has 0 spiro atoms. The van der Waals surface area contributed by atoms with Gasteiger partial charge in [0.1, 0.15) is 0 Å². The molecule has 0 radical (unpaired) electrons. The predicted octanol–water partition coefficient (Wildman–Crippen LogP) is 4.62. The number of alkyl halides is 3. The Balaban J connectivity index is 1.63. The molecule has 1 aromatic carbocycles. The van der Waals surface area contributed by atoms with Gasteiger partial charge in [-0.15, -0.1) is 11.3 Å². The molecule has 0 aliphatic carbocycles. The molecule has 1 N–H and O–H groups in total. The summed E-state index contributed by atoms with van der Waals surface area (Å²) in [6.07, 6.45) is -1.97. The van der Waals surface area contributed by atoms with Crippen molar-refractivity contribution in [3.63, 3.8) is 0 Å². The van der Waals surface area contributed by atoms with E-state index in [-0.39, 0.29) is 22.5 Å². The largest absolute Gasteiger partial charge is 0.417 e. The van der Waals surface area contributed by atoms with Crippen molar-refractivity contribution >= 4 is 34.9 Å². The fourth-order valence-corrected chi connectivity index (χ4v) is 4.16. The van der Waals surface area contributed by atoms with Crippen LogP contribution in [0, 0.1) is 0 Å². The van der Waals surface area contributed by atoms with Crippen LogP contribution in [0.25, 0.3) is 6.08 Å². The molecule has 29 heavy (non-hydrogen) atoms. The van der Waals surface area contributed by atoms with E-state index in [2.05, 4.69) is 10.2 Å². The van der Waals surface area contributed by atoms with Gasteiger partial charge in [-0.25, -0.2) is 0 Å². The molecule has 1 saturated heterocycles. The maximum atomic E-state index is 12.9. The lowest BCUT2D eigenvalue weighted by molar-refractivity contribution is -0.137. The number of benzene rings is 1. The molecule has 4 nitrogen and oxygen atoms in total. The topological polar surface area (TPSA) is 41.6 Å². The van der Waals surface area contributed by atoms with Gasteiger partial charge in [0.25, 0.3) is 0 Å². The van der Waals surface area contributed by atoms with Crippen LogP contribution < -0.4 is 5.32 Å². The highest BCUT2D eigenvalue weighted by molar-refractivity contribution is 7.10. The molecule has 2 heterocycles. The van der Waals surface area contributed by atoms with Crippen LogP contribution in [0.4, 0.5) is 13.2 Å². The van der Waals surface area contributed by atoms with E-state index in [0.29, 0.717) is 19.8 Å².